The number of carbonyl (C=O) groups is 1. The van der Waals surface area contributed by atoms with E-state index in [4.69, 9.17) is 9.84 Å². The van der Waals surface area contributed by atoms with Gasteiger partial charge in [-0.05, 0) is 24.1 Å². The van der Waals surface area contributed by atoms with Crippen molar-refractivity contribution in [3.05, 3.63) is 41.5 Å². The van der Waals surface area contributed by atoms with Crippen LogP contribution in [0.5, 0.6) is 5.88 Å². The monoisotopic (exact) mass is 399 g/mol. The molecule has 1 aliphatic heterocycles. The molecular weight excluding hydrogens is 377 g/mol. The van der Waals surface area contributed by atoms with Gasteiger partial charge in [-0.15, -0.1) is 0 Å². The number of hydrogen-bond donors (Lipinski definition) is 2. The summed E-state index contributed by atoms with van der Waals surface area (Å²) in [6, 6.07) is 6.92. The molecule has 0 unspecified atom stereocenters. The van der Waals surface area contributed by atoms with Crippen LogP contribution in [-0.2, 0) is 6.42 Å². The normalized spacial score (nSPS) is 14.3. The Labute approximate surface area is 168 Å². The smallest absolute Gasteiger partial charge is 0.407 e. The summed E-state index contributed by atoms with van der Waals surface area (Å²) < 4.78 is 20.2. The number of aryl methyl sites for hydroxylation is 1. The van der Waals surface area contributed by atoms with E-state index in [0.29, 0.717) is 25.9 Å². The number of benzene rings is 1. The third kappa shape index (κ3) is 4.90. The van der Waals surface area contributed by atoms with Gasteiger partial charge >= 0.3 is 6.09 Å². The highest BCUT2D eigenvalue weighted by Crippen LogP contribution is 2.28. The summed E-state index contributed by atoms with van der Waals surface area (Å²) in [7, 11) is 0. The molecule has 2 N–H and O–H groups in total. The molecule has 0 radical (unpaired) electrons. The highest BCUT2D eigenvalue weighted by Gasteiger charge is 2.25. The predicted molar refractivity (Wildman–Crippen MR) is 104 cm³/mol. The lowest BCUT2D eigenvalue weighted by atomic mass is 10.1. The standard InChI is InChI=1S/C20H22FN5O3/c1-2-3-13-4-5-17(16(21)10-13)25-18-15(11-22)19(24-12-23-18)29-14-6-8-26(9-7-14)20(27)28/h4-5,10,12,14H,2-3,6-9H2,1H3,(H,27,28)(H,23,24,25). The number of nitrogens with zero attached hydrogens (tertiary/aromatic N) is 4. The zero-order chi connectivity index (χ0) is 20.8. The zero-order valence-electron chi connectivity index (χ0n) is 16.1. The first-order valence-corrected chi connectivity index (χ1v) is 9.47. The van der Waals surface area contributed by atoms with Gasteiger partial charge in [0.05, 0.1) is 5.69 Å². The molecule has 8 nitrogen and oxygen atoms in total. The van der Waals surface area contributed by atoms with Crippen LogP contribution in [0.2, 0.25) is 0 Å². The largest absolute Gasteiger partial charge is 0.473 e. The van der Waals surface area contributed by atoms with Gasteiger partial charge in [-0.1, -0.05) is 19.4 Å². The van der Waals surface area contributed by atoms with Crippen LogP contribution in [-0.4, -0.2) is 45.3 Å². The number of piperidine rings is 1. The zero-order valence-corrected chi connectivity index (χ0v) is 16.1. The second-order valence-electron chi connectivity index (χ2n) is 6.79. The first kappa shape index (κ1) is 20.3. The summed E-state index contributed by atoms with van der Waals surface area (Å²) in [6.07, 6.45) is 2.73. The van der Waals surface area contributed by atoms with E-state index in [9.17, 15) is 14.4 Å². The number of aromatic nitrogens is 2. The second kappa shape index (κ2) is 9.19. The molecule has 1 amide bonds. The van der Waals surface area contributed by atoms with Crippen molar-refractivity contribution in [3.8, 4) is 11.9 Å². The average molecular weight is 399 g/mol. The lowest BCUT2D eigenvalue weighted by Crippen LogP contribution is -2.41. The van der Waals surface area contributed by atoms with Gasteiger partial charge < -0.3 is 20.1 Å². The van der Waals surface area contributed by atoms with Crippen molar-refractivity contribution in [1.29, 1.82) is 5.26 Å². The summed E-state index contributed by atoms with van der Waals surface area (Å²) >= 11 is 0. The predicted octanol–water partition coefficient (Wildman–Crippen LogP) is 3.70. The fourth-order valence-electron chi connectivity index (χ4n) is 3.21. The van der Waals surface area contributed by atoms with E-state index in [2.05, 4.69) is 15.3 Å². The molecule has 1 aromatic carbocycles. The summed E-state index contributed by atoms with van der Waals surface area (Å²) in [4.78, 5) is 20.4. The van der Waals surface area contributed by atoms with Crippen molar-refractivity contribution in [2.45, 2.75) is 38.7 Å². The second-order valence-corrected chi connectivity index (χ2v) is 6.79. The summed E-state index contributed by atoms with van der Waals surface area (Å²) in [5.74, 6) is -0.175. The Hall–Kier alpha value is -3.41. The maximum Gasteiger partial charge on any atom is 0.407 e. The Kier molecular flexibility index (Phi) is 6.44. The van der Waals surface area contributed by atoms with E-state index in [1.54, 1.807) is 6.07 Å². The maximum atomic E-state index is 14.4. The average Bonchev–Trinajstić information content (AvgIpc) is 2.71. The molecule has 1 saturated heterocycles. The number of rotatable bonds is 6. The number of ether oxygens (including phenoxy) is 1. The van der Waals surface area contributed by atoms with Crippen LogP contribution in [0.4, 0.5) is 20.7 Å². The third-order valence-corrected chi connectivity index (χ3v) is 4.74. The van der Waals surface area contributed by atoms with E-state index in [-0.39, 0.29) is 29.1 Å². The summed E-state index contributed by atoms with van der Waals surface area (Å²) in [5, 5.41) is 21.4. The lowest BCUT2D eigenvalue weighted by Gasteiger charge is -2.30. The number of hydrogen-bond acceptors (Lipinski definition) is 6. The van der Waals surface area contributed by atoms with Crippen molar-refractivity contribution in [2.75, 3.05) is 18.4 Å². The van der Waals surface area contributed by atoms with Gasteiger partial charge in [-0.2, -0.15) is 5.26 Å². The highest BCUT2D eigenvalue weighted by molar-refractivity contribution is 5.66. The summed E-state index contributed by atoms with van der Waals surface area (Å²) in [5.41, 5.74) is 1.18. The topological polar surface area (TPSA) is 111 Å². The van der Waals surface area contributed by atoms with Crippen LogP contribution >= 0.6 is 0 Å². The number of likely N-dealkylation sites (tertiary alicyclic amines) is 1. The van der Waals surface area contributed by atoms with E-state index >= 15 is 0 Å². The van der Waals surface area contributed by atoms with E-state index < -0.39 is 11.9 Å². The first-order valence-electron chi connectivity index (χ1n) is 9.47. The van der Waals surface area contributed by atoms with Crippen LogP contribution in [0.25, 0.3) is 0 Å². The van der Waals surface area contributed by atoms with Crippen LogP contribution < -0.4 is 10.1 Å². The molecule has 0 atom stereocenters. The van der Waals surface area contributed by atoms with E-state index in [1.165, 1.54) is 17.3 Å². The number of halogens is 1. The van der Waals surface area contributed by atoms with Crippen molar-refractivity contribution in [2.24, 2.45) is 0 Å². The number of nitrogens with one attached hydrogen (secondary N) is 1. The molecule has 2 aromatic rings. The molecule has 0 spiro atoms. The fourth-order valence-corrected chi connectivity index (χ4v) is 3.21. The number of anilines is 2. The molecule has 3 rings (SSSR count). The number of nitriles is 1. The van der Waals surface area contributed by atoms with Gasteiger partial charge in [0.1, 0.15) is 24.3 Å². The van der Waals surface area contributed by atoms with Gasteiger partial charge in [0.25, 0.3) is 0 Å². The molecule has 0 aliphatic carbocycles. The summed E-state index contributed by atoms with van der Waals surface area (Å²) in [6.45, 7) is 2.73. The van der Waals surface area contributed by atoms with Gasteiger partial charge in [0.15, 0.2) is 11.4 Å². The number of carboxylic acid groups (broad SMARTS) is 1. The SMILES string of the molecule is CCCc1ccc(Nc2ncnc(OC3CCN(C(=O)O)CC3)c2C#N)c(F)c1. The Morgan fingerprint density at radius 3 is 2.79 bits per heavy atom. The van der Waals surface area contributed by atoms with Crippen molar-refractivity contribution in [1.82, 2.24) is 14.9 Å². The van der Waals surface area contributed by atoms with Gasteiger partial charge in [0.2, 0.25) is 5.88 Å². The van der Waals surface area contributed by atoms with Crippen LogP contribution in [0.15, 0.2) is 24.5 Å². The van der Waals surface area contributed by atoms with E-state index in [0.717, 1.165) is 18.4 Å². The fraction of sp³-hybridized carbons (Fsp3) is 0.400. The van der Waals surface area contributed by atoms with Gasteiger partial charge in [-0.25, -0.2) is 19.2 Å². The highest BCUT2D eigenvalue weighted by atomic mass is 19.1. The van der Waals surface area contributed by atoms with Crippen molar-refractivity contribution in [3.63, 3.8) is 0 Å². The van der Waals surface area contributed by atoms with Crippen molar-refractivity contribution < 1.29 is 19.0 Å². The molecule has 1 aromatic heterocycles. The maximum absolute atomic E-state index is 14.4. The van der Waals surface area contributed by atoms with Crippen LogP contribution in [0, 0.1) is 17.1 Å². The Morgan fingerprint density at radius 2 is 2.17 bits per heavy atom. The molecule has 9 heteroatoms. The van der Waals surface area contributed by atoms with Crippen LogP contribution in [0.3, 0.4) is 0 Å². The molecule has 2 heterocycles. The van der Waals surface area contributed by atoms with Gasteiger partial charge in [0, 0.05) is 25.9 Å². The quantitative estimate of drug-likeness (QED) is 0.762. The van der Waals surface area contributed by atoms with Gasteiger partial charge in [-0.3, -0.25) is 0 Å². The third-order valence-electron chi connectivity index (χ3n) is 4.74. The van der Waals surface area contributed by atoms with Crippen molar-refractivity contribution >= 4 is 17.6 Å². The molecule has 29 heavy (non-hydrogen) atoms. The molecule has 0 saturated carbocycles. The minimum Gasteiger partial charge on any atom is -0.473 e. The molecule has 1 fully saturated rings. The molecule has 152 valence electrons. The lowest BCUT2D eigenvalue weighted by molar-refractivity contribution is 0.0869. The van der Waals surface area contributed by atoms with E-state index in [1.807, 2.05) is 19.1 Å². The van der Waals surface area contributed by atoms with Crippen LogP contribution in [0.1, 0.15) is 37.3 Å². The Balaban J connectivity index is 1.75. The number of amides is 1. The molecule has 1 aliphatic rings. The minimum absolute atomic E-state index is 0.0743. The molecule has 0 bridgehead atoms. The first-order chi connectivity index (χ1) is 14.0. The Bertz CT molecular complexity index is 923. The minimum atomic E-state index is -0.957. The molecular formula is C20H22FN5O3. The Morgan fingerprint density at radius 1 is 1.41 bits per heavy atom.